The van der Waals surface area contributed by atoms with Gasteiger partial charge in [0.2, 0.25) is 0 Å². The predicted molar refractivity (Wildman–Crippen MR) is 56.4 cm³/mol. The van der Waals surface area contributed by atoms with E-state index in [4.69, 9.17) is 14.6 Å². The SMILES string of the molecule is C=C(CSC)C(=O)OCCOCCO. The molecule has 4 nitrogen and oxygen atoms in total. The third-order valence-corrected chi connectivity index (χ3v) is 1.94. The second-order valence-electron chi connectivity index (χ2n) is 2.51. The number of rotatable bonds is 8. The van der Waals surface area contributed by atoms with Gasteiger partial charge >= 0.3 is 5.97 Å². The Hall–Kier alpha value is -0.520. The first-order valence-electron chi connectivity index (χ1n) is 4.24. The Kier molecular flexibility index (Phi) is 8.72. The zero-order chi connectivity index (χ0) is 10.8. The van der Waals surface area contributed by atoms with Crippen LogP contribution in [0.3, 0.4) is 0 Å². The Morgan fingerprint density at radius 2 is 2.14 bits per heavy atom. The van der Waals surface area contributed by atoms with Gasteiger partial charge in [-0.25, -0.2) is 4.79 Å². The molecule has 0 saturated heterocycles. The molecule has 14 heavy (non-hydrogen) atoms. The van der Waals surface area contributed by atoms with E-state index in [0.29, 0.717) is 17.9 Å². The van der Waals surface area contributed by atoms with Crippen LogP contribution in [0.5, 0.6) is 0 Å². The fraction of sp³-hybridized carbons (Fsp3) is 0.667. The molecule has 5 heteroatoms. The number of carbonyl (C=O) groups is 1. The van der Waals surface area contributed by atoms with Crippen LogP contribution in [0.15, 0.2) is 12.2 Å². The van der Waals surface area contributed by atoms with Gasteiger partial charge in [0.1, 0.15) is 6.61 Å². The van der Waals surface area contributed by atoms with Crippen LogP contribution in [0.25, 0.3) is 0 Å². The molecule has 0 unspecified atom stereocenters. The van der Waals surface area contributed by atoms with Crippen LogP contribution in [0.4, 0.5) is 0 Å². The van der Waals surface area contributed by atoms with Crippen molar-refractivity contribution in [1.82, 2.24) is 0 Å². The van der Waals surface area contributed by atoms with Gasteiger partial charge < -0.3 is 14.6 Å². The van der Waals surface area contributed by atoms with Crippen molar-refractivity contribution in [3.8, 4) is 0 Å². The van der Waals surface area contributed by atoms with Crippen molar-refractivity contribution >= 4 is 17.7 Å². The Bertz CT molecular complexity index is 182. The van der Waals surface area contributed by atoms with Gasteiger partial charge in [-0.3, -0.25) is 0 Å². The lowest BCUT2D eigenvalue weighted by Crippen LogP contribution is -2.14. The van der Waals surface area contributed by atoms with Gasteiger partial charge in [-0.15, -0.1) is 0 Å². The molecule has 0 aromatic heterocycles. The largest absolute Gasteiger partial charge is 0.460 e. The summed E-state index contributed by atoms with van der Waals surface area (Å²) in [5.74, 6) is 0.197. The lowest BCUT2D eigenvalue weighted by molar-refractivity contribution is -0.140. The van der Waals surface area contributed by atoms with Gasteiger partial charge in [0.15, 0.2) is 0 Å². The quantitative estimate of drug-likeness (QED) is 0.366. The summed E-state index contributed by atoms with van der Waals surface area (Å²) < 4.78 is 9.76. The standard InChI is InChI=1S/C9H16O4S/c1-8(7-14-2)9(11)13-6-5-12-4-3-10/h10H,1,3-7H2,2H3. The number of esters is 1. The Labute approximate surface area is 88.3 Å². The van der Waals surface area contributed by atoms with Crippen LogP contribution >= 0.6 is 11.8 Å². The molecule has 0 atom stereocenters. The van der Waals surface area contributed by atoms with Crippen LogP contribution < -0.4 is 0 Å². The molecule has 0 aromatic carbocycles. The summed E-state index contributed by atoms with van der Waals surface area (Å²) in [6, 6.07) is 0. The highest BCUT2D eigenvalue weighted by atomic mass is 32.2. The average molecular weight is 220 g/mol. The molecule has 0 amide bonds. The number of aliphatic hydroxyl groups excluding tert-OH is 1. The van der Waals surface area contributed by atoms with Crippen molar-refractivity contribution in [3.05, 3.63) is 12.2 Å². The van der Waals surface area contributed by atoms with Crippen molar-refractivity contribution in [2.75, 3.05) is 38.4 Å². The molecule has 82 valence electrons. The molecule has 0 heterocycles. The van der Waals surface area contributed by atoms with Crippen molar-refractivity contribution < 1.29 is 19.4 Å². The average Bonchev–Trinajstić information content (AvgIpc) is 2.17. The normalized spacial score (nSPS) is 9.86. The van der Waals surface area contributed by atoms with Gasteiger partial charge in [-0.05, 0) is 6.26 Å². The second-order valence-corrected chi connectivity index (χ2v) is 3.37. The molecule has 0 saturated carbocycles. The molecule has 0 rings (SSSR count). The van der Waals surface area contributed by atoms with E-state index in [2.05, 4.69) is 6.58 Å². The topological polar surface area (TPSA) is 55.8 Å². The minimum atomic E-state index is -0.382. The molecule has 0 aliphatic heterocycles. The van der Waals surface area contributed by atoms with Crippen LogP contribution in [0.2, 0.25) is 0 Å². The zero-order valence-electron chi connectivity index (χ0n) is 8.32. The maximum Gasteiger partial charge on any atom is 0.334 e. The Morgan fingerprint density at radius 1 is 1.43 bits per heavy atom. The third-order valence-electron chi connectivity index (χ3n) is 1.30. The summed E-state index contributed by atoms with van der Waals surface area (Å²) in [4.78, 5) is 11.1. The molecule has 0 bridgehead atoms. The van der Waals surface area contributed by atoms with E-state index in [1.165, 1.54) is 11.8 Å². The number of hydrogen-bond acceptors (Lipinski definition) is 5. The van der Waals surface area contributed by atoms with E-state index < -0.39 is 0 Å². The van der Waals surface area contributed by atoms with E-state index in [-0.39, 0.29) is 25.8 Å². The highest BCUT2D eigenvalue weighted by Crippen LogP contribution is 2.03. The van der Waals surface area contributed by atoms with Crippen molar-refractivity contribution in [1.29, 1.82) is 0 Å². The first-order chi connectivity index (χ1) is 6.72. The lowest BCUT2D eigenvalue weighted by atomic mass is 10.4. The maximum absolute atomic E-state index is 11.1. The van der Waals surface area contributed by atoms with Gasteiger partial charge in [-0.2, -0.15) is 11.8 Å². The van der Waals surface area contributed by atoms with Gasteiger partial charge in [-0.1, -0.05) is 6.58 Å². The molecule has 1 N–H and O–H groups in total. The molecule has 0 aromatic rings. The summed E-state index contributed by atoms with van der Waals surface area (Å²) in [5.41, 5.74) is 0.458. The lowest BCUT2D eigenvalue weighted by Gasteiger charge is -2.06. The number of thioether (sulfide) groups is 1. The summed E-state index contributed by atoms with van der Waals surface area (Å²) >= 11 is 1.52. The molecule has 0 radical (unpaired) electrons. The minimum absolute atomic E-state index is 0.0207. The Balaban J connectivity index is 3.39. The first kappa shape index (κ1) is 13.5. The van der Waals surface area contributed by atoms with Crippen molar-refractivity contribution in [2.24, 2.45) is 0 Å². The molecule has 0 aliphatic rings. The monoisotopic (exact) mass is 220 g/mol. The molecule has 0 spiro atoms. The van der Waals surface area contributed by atoms with E-state index >= 15 is 0 Å². The van der Waals surface area contributed by atoms with E-state index in [9.17, 15) is 4.79 Å². The number of hydrogen-bond donors (Lipinski definition) is 1. The highest BCUT2D eigenvalue weighted by molar-refractivity contribution is 7.98. The van der Waals surface area contributed by atoms with Crippen LogP contribution in [0.1, 0.15) is 0 Å². The van der Waals surface area contributed by atoms with Crippen LogP contribution in [0, 0.1) is 0 Å². The summed E-state index contributed by atoms with van der Waals surface area (Å²) in [6.07, 6.45) is 1.89. The van der Waals surface area contributed by atoms with E-state index in [0.717, 1.165) is 0 Å². The fourth-order valence-corrected chi connectivity index (χ4v) is 1.16. The first-order valence-corrected chi connectivity index (χ1v) is 5.64. The molecular formula is C9H16O4S. The molecule has 0 fully saturated rings. The number of ether oxygens (including phenoxy) is 2. The second kappa shape index (κ2) is 9.05. The van der Waals surface area contributed by atoms with E-state index in [1.807, 2.05) is 6.26 Å². The van der Waals surface area contributed by atoms with Gasteiger partial charge in [0.05, 0.1) is 19.8 Å². The predicted octanol–water partition coefficient (Wildman–Crippen LogP) is 0.458. The van der Waals surface area contributed by atoms with Crippen LogP contribution in [-0.4, -0.2) is 49.5 Å². The van der Waals surface area contributed by atoms with Crippen molar-refractivity contribution in [3.63, 3.8) is 0 Å². The third kappa shape index (κ3) is 6.94. The summed E-state index contributed by atoms with van der Waals surface area (Å²) in [5, 5.41) is 8.38. The fourth-order valence-electron chi connectivity index (χ4n) is 0.695. The van der Waals surface area contributed by atoms with Crippen molar-refractivity contribution in [2.45, 2.75) is 0 Å². The molecule has 0 aliphatic carbocycles. The van der Waals surface area contributed by atoms with E-state index in [1.54, 1.807) is 0 Å². The summed E-state index contributed by atoms with van der Waals surface area (Å²) in [6.45, 7) is 4.33. The number of aliphatic hydroxyl groups is 1. The Morgan fingerprint density at radius 3 is 2.71 bits per heavy atom. The van der Waals surface area contributed by atoms with Crippen LogP contribution in [-0.2, 0) is 14.3 Å². The zero-order valence-corrected chi connectivity index (χ0v) is 9.14. The maximum atomic E-state index is 11.1. The smallest absolute Gasteiger partial charge is 0.334 e. The number of carbonyl (C=O) groups excluding carboxylic acids is 1. The molecular weight excluding hydrogens is 204 g/mol. The summed E-state index contributed by atoms with van der Waals surface area (Å²) in [7, 11) is 0. The van der Waals surface area contributed by atoms with Gasteiger partial charge in [0.25, 0.3) is 0 Å². The van der Waals surface area contributed by atoms with Gasteiger partial charge in [0, 0.05) is 11.3 Å². The highest BCUT2D eigenvalue weighted by Gasteiger charge is 2.06. The minimum Gasteiger partial charge on any atom is -0.460 e.